The van der Waals surface area contributed by atoms with Gasteiger partial charge in [0.2, 0.25) is 0 Å². The Morgan fingerprint density at radius 3 is 2.43 bits per heavy atom. The molecule has 3 rings (SSSR count). The third kappa shape index (κ3) is 2.73. The van der Waals surface area contributed by atoms with Crippen molar-refractivity contribution < 1.29 is 4.39 Å². The van der Waals surface area contributed by atoms with Gasteiger partial charge in [0.1, 0.15) is 5.82 Å². The fraction of sp³-hybridized carbons (Fsp3) is 0.667. The molecule has 0 bridgehead atoms. The van der Waals surface area contributed by atoms with Crippen LogP contribution in [0, 0.1) is 11.2 Å². The molecule has 0 amide bonds. The molecule has 0 aromatic heterocycles. The van der Waals surface area contributed by atoms with E-state index < -0.39 is 0 Å². The quantitative estimate of drug-likeness (QED) is 0.822. The van der Waals surface area contributed by atoms with Crippen LogP contribution in [0.2, 0.25) is 5.02 Å². The zero-order chi connectivity index (χ0) is 14.9. The van der Waals surface area contributed by atoms with Gasteiger partial charge in [-0.05, 0) is 49.8 Å². The molecular formula is C18H25ClFN. The lowest BCUT2D eigenvalue weighted by molar-refractivity contribution is 0.00522. The van der Waals surface area contributed by atoms with E-state index in [1.807, 2.05) is 19.2 Å². The molecule has 2 aliphatic rings. The van der Waals surface area contributed by atoms with Crippen molar-refractivity contribution in [1.29, 1.82) is 0 Å². The summed E-state index contributed by atoms with van der Waals surface area (Å²) in [4.78, 5) is 0. The molecule has 0 saturated heterocycles. The van der Waals surface area contributed by atoms with Crippen LogP contribution in [0.15, 0.2) is 18.2 Å². The Hall–Kier alpha value is -0.600. The first-order chi connectivity index (χ1) is 10.1. The lowest BCUT2D eigenvalue weighted by Crippen LogP contribution is -2.54. The highest BCUT2D eigenvalue weighted by molar-refractivity contribution is 6.30. The van der Waals surface area contributed by atoms with E-state index in [-0.39, 0.29) is 16.3 Å². The molecule has 1 aromatic rings. The van der Waals surface area contributed by atoms with Gasteiger partial charge in [-0.3, -0.25) is 0 Å². The molecule has 1 spiro atoms. The Bertz CT molecular complexity index is 498. The van der Waals surface area contributed by atoms with E-state index in [4.69, 9.17) is 11.6 Å². The van der Waals surface area contributed by atoms with Crippen LogP contribution in [-0.2, 0) is 5.41 Å². The van der Waals surface area contributed by atoms with Gasteiger partial charge < -0.3 is 5.32 Å². The topological polar surface area (TPSA) is 12.0 Å². The predicted molar refractivity (Wildman–Crippen MR) is 86.4 cm³/mol. The van der Waals surface area contributed by atoms with Crippen LogP contribution in [0.5, 0.6) is 0 Å². The van der Waals surface area contributed by atoms with Crippen molar-refractivity contribution >= 4 is 11.6 Å². The molecule has 1 nitrogen and oxygen atoms in total. The van der Waals surface area contributed by atoms with Gasteiger partial charge in [-0.25, -0.2) is 4.39 Å². The second-order valence-corrected chi connectivity index (χ2v) is 7.59. The lowest BCUT2D eigenvalue weighted by Gasteiger charge is -2.57. The van der Waals surface area contributed by atoms with Crippen molar-refractivity contribution in [1.82, 2.24) is 5.32 Å². The highest BCUT2D eigenvalue weighted by atomic mass is 35.5. The van der Waals surface area contributed by atoms with E-state index in [1.165, 1.54) is 38.5 Å². The molecule has 0 aliphatic heterocycles. The average Bonchev–Trinajstić information content (AvgIpc) is 2.67. The van der Waals surface area contributed by atoms with Crippen LogP contribution in [-0.4, -0.2) is 13.6 Å². The van der Waals surface area contributed by atoms with Crippen molar-refractivity contribution in [2.24, 2.45) is 5.41 Å². The molecule has 2 aliphatic carbocycles. The molecule has 0 atom stereocenters. The summed E-state index contributed by atoms with van der Waals surface area (Å²) in [5.41, 5.74) is 1.22. The number of hydrogen-bond acceptors (Lipinski definition) is 1. The molecule has 3 heteroatoms. The second-order valence-electron chi connectivity index (χ2n) is 7.18. The third-order valence-corrected chi connectivity index (χ3v) is 5.92. The standard InChI is InChI=1S/C18H25ClFN/c1-21-13-18(14-7-6-8-15(19)16(14)20)11-17(12-18)9-4-2-3-5-10-17/h6-8,21H,2-5,9-13H2,1H3. The first kappa shape index (κ1) is 15.3. The van der Waals surface area contributed by atoms with Crippen molar-refractivity contribution in [3.63, 3.8) is 0 Å². The largest absolute Gasteiger partial charge is 0.319 e. The minimum Gasteiger partial charge on any atom is -0.319 e. The van der Waals surface area contributed by atoms with Gasteiger partial charge in [0.25, 0.3) is 0 Å². The smallest absolute Gasteiger partial charge is 0.145 e. The number of halogens is 2. The van der Waals surface area contributed by atoms with Gasteiger partial charge >= 0.3 is 0 Å². The van der Waals surface area contributed by atoms with Crippen LogP contribution in [0.25, 0.3) is 0 Å². The Kier molecular flexibility index (Phi) is 4.29. The molecule has 2 fully saturated rings. The summed E-state index contributed by atoms with van der Waals surface area (Å²) in [6, 6.07) is 5.46. The van der Waals surface area contributed by atoms with Gasteiger partial charge in [-0.1, -0.05) is 49.4 Å². The summed E-state index contributed by atoms with van der Waals surface area (Å²) in [6.07, 6.45) is 10.3. The molecule has 1 aromatic carbocycles. The fourth-order valence-electron chi connectivity index (χ4n) is 4.88. The zero-order valence-corrected chi connectivity index (χ0v) is 13.6. The van der Waals surface area contributed by atoms with Crippen LogP contribution < -0.4 is 5.32 Å². The van der Waals surface area contributed by atoms with Crippen molar-refractivity contribution in [2.45, 2.75) is 56.8 Å². The molecule has 1 N–H and O–H groups in total. The van der Waals surface area contributed by atoms with Crippen LogP contribution >= 0.6 is 11.6 Å². The summed E-state index contributed by atoms with van der Waals surface area (Å²) in [5, 5.41) is 3.54. The highest BCUT2D eigenvalue weighted by Gasteiger charge is 2.55. The molecule has 0 unspecified atom stereocenters. The number of hydrogen-bond donors (Lipinski definition) is 1. The third-order valence-electron chi connectivity index (χ3n) is 5.63. The monoisotopic (exact) mass is 309 g/mol. The van der Waals surface area contributed by atoms with E-state index in [1.54, 1.807) is 6.07 Å². The summed E-state index contributed by atoms with van der Waals surface area (Å²) in [6.45, 7) is 0.839. The van der Waals surface area contributed by atoms with E-state index in [9.17, 15) is 4.39 Å². The maximum Gasteiger partial charge on any atom is 0.145 e. The van der Waals surface area contributed by atoms with Gasteiger partial charge in [0, 0.05) is 12.0 Å². The Morgan fingerprint density at radius 1 is 1.14 bits per heavy atom. The van der Waals surface area contributed by atoms with E-state index in [2.05, 4.69) is 5.32 Å². The average molecular weight is 310 g/mol. The van der Waals surface area contributed by atoms with Crippen LogP contribution in [0.3, 0.4) is 0 Å². The fourth-order valence-corrected chi connectivity index (χ4v) is 5.05. The zero-order valence-electron chi connectivity index (χ0n) is 12.9. The number of rotatable bonds is 3. The minimum atomic E-state index is -0.210. The summed E-state index contributed by atoms with van der Waals surface area (Å²) >= 11 is 6.01. The Morgan fingerprint density at radius 2 is 1.81 bits per heavy atom. The SMILES string of the molecule is CNCC1(c2cccc(Cl)c2F)CC2(CCCCCC2)C1. The highest BCUT2D eigenvalue weighted by Crippen LogP contribution is 2.61. The predicted octanol–water partition coefficient (Wildman–Crippen LogP) is 5.07. The van der Waals surface area contributed by atoms with Gasteiger partial charge in [0.05, 0.1) is 5.02 Å². The lowest BCUT2D eigenvalue weighted by atomic mass is 9.48. The molecule has 21 heavy (non-hydrogen) atoms. The van der Waals surface area contributed by atoms with Gasteiger partial charge in [-0.2, -0.15) is 0 Å². The van der Waals surface area contributed by atoms with Crippen molar-refractivity contribution in [2.75, 3.05) is 13.6 Å². The first-order valence-corrected chi connectivity index (χ1v) is 8.58. The van der Waals surface area contributed by atoms with E-state index in [0.29, 0.717) is 5.41 Å². The maximum atomic E-state index is 14.5. The Labute approximate surface area is 132 Å². The normalized spacial score (nSPS) is 23.6. The van der Waals surface area contributed by atoms with Crippen LogP contribution in [0.1, 0.15) is 56.9 Å². The first-order valence-electron chi connectivity index (χ1n) is 8.20. The maximum absolute atomic E-state index is 14.5. The van der Waals surface area contributed by atoms with Crippen molar-refractivity contribution in [3.8, 4) is 0 Å². The Balaban J connectivity index is 1.87. The number of benzene rings is 1. The van der Waals surface area contributed by atoms with Gasteiger partial charge in [0.15, 0.2) is 0 Å². The van der Waals surface area contributed by atoms with E-state index in [0.717, 1.165) is 24.9 Å². The van der Waals surface area contributed by atoms with Crippen molar-refractivity contribution in [3.05, 3.63) is 34.6 Å². The summed E-state index contributed by atoms with van der Waals surface area (Å²) in [5.74, 6) is -0.210. The molecular weight excluding hydrogens is 285 g/mol. The van der Waals surface area contributed by atoms with Crippen LogP contribution in [0.4, 0.5) is 4.39 Å². The number of likely N-dealkylation sites (N-methyl/N-ethyl adjacent to an activating group) is 1. The van der Waals surface area contributed by atoms with Gasteiger partial charge in [-0.15, -0.1) is 0 Å². The molecule has 2 saturated carbocycles. The number of nitrogens with one attached hydrogen (secondary N) is 1. The molecule has 0 heterocycles. The van der Waals surface area contributed by atoms with E-state index >= 15 is 0 Å². The summed E-state index contributed by atoms with van der Waals surface area (Å²) < 4.78 is 14.5. The molecule has 116 valence electrons. The minimum absolute atomic E-state index is 0.0614. The summed E-state index contributed by atoms with van der Waals surface area (Å²) in [7, 11) is 1.96. The molecule has 0 radical (unpaired) electrons. The second kappa shape index (κ2) is 5.89.